The van der Waals surface area contributed by atoms with Crippen molar-refractivity contribution in [3.63, 3.8) is 0 Å². The maximum atomic E-state index is 12.2. The number of hydrogen-bond acceptors (Lipinski definition) is 3. The number of alkyl halides is 3. The summed E-state index contributed by atoms with van der Waals surface area (Å²) in [4.78, 5) is 12.2. The van der Waals surface area contributed by atoms with Gasteiger partial charge in [0.25, 0.3) is 5.91 Å². The van der Waals surface area contributed by atoms with Crippen LogP contribution in [-0.4, -0.2) is 24.4 Å². The van der Waals surface area contributed by atoms with Crippen molar-refractivity contribution in [2.45, 2.75) is 31.7 Å². The monoisotopic (exact) mass is 338 g/mol. The Balaban J connectivity index is 0.00000242. The van der Waals surface area contributed by atoms with Crippen LogP contribution in [0.3, 0.4) is 0 Å². The van der Waals surface area contributed by atoms with Gasteiger partial charge in [0.15, 0.2) is 0 Å². The molecule has 22 heavy (non-hydrogen) atoms. The van der Waals surface area contributed by atoms with E-state index >= 15 is 0 Å². The summed E-state index contributed by atoms with van der Waals surface area (Å²) in [5.41, 5.74) is 5.28. The Kier molecular flexibility index (Phi) is 5.70. The van der Waals surface area contributed by atoms with E-state index in [2.05, 4.69) is 10.1 Å². The SMILES string of the molecule is CC(CN)(NC(=O)c1cccc(OC(F)(F)F)c1)C1CC1.Cl. The Hall–Kier alpha value is -1.47. The highest BCUT2D eigenvalue weighted by Crippen LogP contribution is 2.39. The second-order valence-corrected chi connectivity index (χ2v) is 5.43. The molecule has 0 aliphatic heterocycles. The average Bonchev–Trinajstić information content (AvgIpc) is 3.21. The van der Waals surface area contributed by atoms with Gasteiger partial charge in [-0.3, -0.25) is 4.79 Å². The Morgan fingerprint density at radius 3 is 2.55 bits per heavy atom. The molecular formula is C14H18ClF3N2O2. The molecular weight excluding hydrogens is 321 g/mol. The van der Waals surface area contributed by atoms with Gasteiger partial charge >= 0.3 is 6.36 Å². The zero-order valence-electron chi connectivity index (χ0n) is 11.9. The Labute approximate surface area is 132 Å². The summed E-state index contributed by atoms with van der Waals surface area (Å²) < 4.78 is 40.3. The van der Waals surface area contributed by atoms with Crippen LogP contribution in [0.1, 0.15) is 30.1 Å². The minimum atomic E-state index is -4.78. The van der Waals surface area contributed by atoms with Crippen molar-refractivity contribution < 1.29 is 22.7 Å². The highest BCUT2D eigenvalue weighted by atomic mass is 35.5. The summed E-state index contributed by atoms with van der Waals surface area (Å²) in [5.74, 6) is -0.556. The molecule has 1 aliphatic carbocycles. The highest BCUT2D eigenvalue weighted by molar-refractivity contribution is 5.95. The zero-order chi connectivity index (χ0) is 15.7. The summed E-state index contributed by atoms with van der Waals surface area (Å²) in [7, 11) is 0. The maximum absolute atomic E-state index is 12.2. The van der Waals surface area contributed by atoms with E-state index in [0.717, 1.165) is 25.0 Å². The van der Waals surface area contributed by atoms with Crippen molar-refractivity contribution in [2.75, 3.05) is 6.54 Å². The quantitative estimate of drug-likeness (QED) is 0.867. The normalized spacial score (nSPS) is 17.1. The summed E-state index contributed by atoms with van der Waals surface area (Å²) in [6.07, 6.45) is -2.80. The number of hydrogen-bond donors (Lipinski definition) is 2. The van der Waals surface area contributed by atoms with Crippen molar-refractivity contribution in [3.05, 3.63) is 29.8 Å². The van der Waals surface area contributed by atoms with Crippen LogP contribution in [0.15, 0.2) is 24.3 Å². The van der Waals surface area contributed by atoms with Crippen molar-refractivity contribution in [1.82, 2.24) is 5.32 Å². The predicted octanol–water partition coefficient (Wildman–Crippen LogP) is 2.86. The van der Waals surface area contributed by atoms with Gasteiger partial charge in [0.1, 0.15) is 5.75 Å². The highest BCUT2D eigenvalue weighted by Gasteiger charge is 2.41. The molecule has 124 valence electrons. The van der Waals surface area contributed by atoms with Gasteiger partial charge in [-0.15, -0.1) is 25.6 Å². The molecule has 1 amide bonds. The van der Waals surface area contributed by atoms with Crippen molar-refractivity contribution in [1.29, 1.82) is 0 Å². The van der Waals surface area contributed by atoms with Gasteiger partial charge in [0, 0.05) is 12.1 Å². The fraction of sp³-hybridized carbons (Fsp3) is 0.500. The molecule has 3 N–H and O–H groups in total. The molecule has 1 atom stereocenters. The molecule has 1 saturated carbocycles. The Morgan fingerprint density at radius 2 is 2.05 bits per heavy atom. The maximum Gasteiger partial charge on any atom is 0.573 e. The molecule has 0 aromatic heterocycles. The van der Waals surface area contributed by atoms with E-state index in [1.165, 1.54) is 12.1 Å². The first kappa shape index (κ1) is 18.6. The summed E-state index contributed by atoms with van der Waals surface area (Å²) in [6.45, 7) is 2.13. The third-order valence-corrected chi connectivity index (χ3v) is 3.63. The number of nitrogens with two attached hydrogens (primary N) is 1. The van der Waals surface area contributed by atoms with E-state index in [-0.39, 0.29) is 24.5 Å². The molecule has 0 saturated heterocycles. The van der Waals surface area contributed by atoms with Gasteiger partial charge in [-0.2, -0.15) is 0 Å². The lowest BCUT2D eigenvalue weighted by atomic mass is 9.95. The molecule has 4 nitrogen and oxygen atoms in total. The average molecular weight is 339 g/mol. The second kappa shape index (κ2) is 6.75. The number of benzene rings is 1. The zero-order valence-corrected chi connectivity index (χ0v) is 12.8. The molecule has 8 heteroatoms. The predicted molar refractivity (Wildman–Crippen MR) is 78.0 cm³/mol. The van der Waals surface area contributed by atoms with E-state index in [4.69, 9.17) is 5.73 Å². The number of amides is 1. The molecule has 2 rings (SSSR count). The van der Waals surface area contributed by atoms with E-state index in [1.54, 1.807) is 0 Å². The van der Waals surface area contributed by atoms with E-state index < -0.39 is 23.6 Å². The molecule has 1 aromatic rings. The van der Waals surface area contributed by atoms with Crippen molar-refractivity contribution >= 4 is 18.3 Å². The number of carbonyl (C=O) groups excluding carboxylic acids is 1. The Morgan fingerprint density at radius 1 is 1.41 bits per heavy atom. The lowest BCUT2D eigenvalue weighted by Crippen LogP contribution is -2.53. The lowest BCUT2D eigenvalue weighted by Gasteiger charge is -2.29. The van der Waals surface area contributed by atoms with E-state index in [0.29, 0.717) is 5.92 Å². The van der Waals surface area contributed by atoms with Crippen LogP contribution < -0.4 is 15.8 Å². The van der Waals surface area contributed by atoms with E-state index in [9.17, 15) is 18.0 Å². The van der Waals surface area contributed by atoms with Gasteiger partial charge in [-0.25, -0.2) is 0 Å². The minimum absolute atomic E-state index is 0. The minimum Gasteiger partial charge on any atom is -0.406 e. The van der Waals surface area contributed by atoms with Crippen LogP contribution >= 0.6 is 12.4 Å². The molecule has 1 unspecified atom stereocenters. The van der Waals surface area contributed by atoms with Crippen LogP contribution in [0.25, 0.3) is 0 Å². The first-order valence-corrected chi connectivity index (χ1v) is 6.62. The second-order valence-electron chi connectivity index (χ2n) is 5.43. The van der Waals surface area contributed by atoms with Gasteiger partial charge in [-0.1, -0.05) is 6.07 Å². The van der Waals surface area contributed by atoms with Crippen LogP contribution in [0.5, 0.6) is 5.75 Å². The number of halogens is 4. The molecule has 1 aliphatic rings. The smallest absolute Gasteiger partial charge is 0.406 e. The third-order valence-electron chi connectivity index (χ3n) is 3.63. The molecule has 1 fully saturated rings. The summed E-state index contributed by atoms with van der Waals surface area (Å²) in [5, 5.41) is 2.81. The first-order chi connectivity index (χ1) is 9.73. The van der Waals surface area contributed by atoms with Crippen molar-refractivity contribution in [2.24, 2.45) is 11.7 Å². The number of rotatable bonds is 5. The molecule has 0 spiro atoms. The summed E-state index contributed by atoms with van der Waals surface area (Å²) in [6, 6.07) is 4.98. The van der Waals surface area contributed by atoms with Crippen molar-refractivity contribution in [3.8, 4) is 5.75 Å². The number of nitrogens with one attached hydrogen (secondary N) is 1. The fourth-order valence-corrected chi connectivity index (χ4v) is 2.21. The molecule has 1 aromatic carbocycles. The third kappa shape index (κ3) is 4.78. The first-order valence-electron chi connectivity index (χ1n) is 6.62. The van der Waals surface area contributed by atoms with Crippen LogP contribution in [0.2, 0.25) is 0 Å². The number of ether oxygens (including phenoxy) is 1. The van der Waals surface area contributed by atoms with Crippen LogP contribution in [0, 0.1) is 5.92 Å². The van der Waals surface area contributed by atoms with Gasteiger partial charge in [0.2, 0.25) is 0 Å². The molecule has 0 heterocycles. The van der Waals surface area contributed by atoms with Crippen LogP contribution in [0.4, 0.5) is 13.2 Å². The summed E-state index contributed by atoms with van der Waals surface area (Å²) >= 11 is 0. The lowest BCUT2D eigenvalue weighted by molar-refractivity contribution is -0.274. The molecule has 0 bridgehead atoms. The molecule has 0 radical (unpaired) electrons. The fourth-order valence-electron chi connectivity index (χ4n) is 2.21. The number of carbonyl (C=O) groups is 1. The van der Waals surface area contributed by atoms with Gasteiger partial charge < -0.3 is 15.8 Å². The largest absolute Gasteiger partial charge is 0.573 e. The topological polar surface area (TPSA) is 64.3 Å². The van der Waals surface area contributed by atoms with Gasteiger partial charge in [-0.05, 0) is 43.9 Å². The Bertz CT molecular complexity index is 535. The van der Waals surface area contributed by atoms with E-state index in [1.807, 2.05) is 6.92 Å². The van der Waals surface area contributed by atoms with Gasteiger partial charge in [0.05, 0.1) is 5.54 Å². The van der Waals surface area contributed by atoms with Crippen LogP contribution in [-0.2, 0) is 0 Å². The standard InChI is InChI=1S/C14H17F3N2O2.ClH/c1-13(8-18,10-5-6-10)19-12(20)9-3-2-4-11(7-9)21-14(15,16)17;/h2-4,7,10H,5-6,8,18H2,1H3,(H,19,20);1H.